The van der Waals surface area contributed by atoms with E-state index in [1.807, 2.05) is 6.07 Å². The quantitative estimate of drug-likeness (QED) is 0.765. The highest BCUT2D eigenvalue weighted by Crippen LogP contribution is 2.09. The molecule has 1 atom stereocenters. The van der Waals surface area contributed by atoms with Crippen LogP contribution in [0.25, 0.3) is 0 Å². The van der Waals surface area contributed by atoms with Gasteiger partial charge in [-0.2, -0.15) is 0 Å². The maximum atomic E-state index is 13.2. The van der Waals surface area contributed by atoms with Gasteiger partial charge in [-0.15, -0.1) is 11.6 Å². The minimum atomic E-state index is -0.166. The van der Waals surface area contributed by atoms with Crippen molar-refractivity contribution in [3.05, 3.63) is 35.6 Å². The van der Waals surface area contributed by atoms with E-state index in [1.165, 1.54) is 6.07 Å². The lowest BCUT2D eigenvalue weighted by molar-refractivity contribution is 0.534. The Labute approximate surface area is 95.6 Å². The summed E-state index contributed by atoms with van der Waals surface area (Å²) in [4.78, 5) is 0. The molecule has 0 spiro atoms. The highest BCUT2D eigenvalue weighted by molar-refractivity contribution is 6.20. The first-order valence-corrected chi connectivity index (χ1v) is 5.63. The number of halogens is 2. The number of hydrogen-bond acceptors (Lipinski definition) is 1. The predicted octanol–water partition coefficient (Wildman–Crippen LogP) is 3.18. The molecule has 3 heteroatoms. The van der Waals surface area contributed by atoms with E-state index in [9.17, 15) is 4.39 Å². The third-order valence-corrected chi connectivity index (χ3v) is 2.99. The molecule has 0 heterocycles. The maximum absolute atomic E-state index is 13.2. The lowest BCUT2D eigenvalue weighted by atomic mass is 10.1. The molecule has 0 amide bonds. The van der Waals surface area contributed by atoms with Crippen LogP contribution in [0.2, 0.25) is 0 Å². The number of nitrogens with one attached hydrogen (secondary N) is 1. The Morgan fingerprint density at radius 2 is 2.00 bits per heavy atom. The summed E-state index contributed by atoms with van der Waals surface area (Å²) in [6.45, 7) is 5.38. The van der Waals surface area contributed by atoms with Crippen molar-refractivity contribution in [3.8, 4) is 0 Å². The second-order valence-electron chi connectivity index (χ2n) is 3.98. The predicted molar refractivity (Wildman–Crippen MR) is 62.6 cm³/mol. The summed E-state index contributed by atoms with van der Waals surface area (Å²) >= 11 is 6.07. The van der Waals surface area contributed by atoms with Crippen molar-refractivity contribution in [2.75, 3.05) is 6.54 Å². The van der Waals surface area contributed by atoms with Gasteiger partial charge >= 0.3 is 0 Å². The summed E-state index contributed by atoms with van der Waals surface area (Å²) in [5.74, 6) is 0.264. The van der Waals surface area contributed by atoms with Gasteiger partial charge in [-0.25, -0.2) is 4.39 Å². The molecule has 0 aliphatic rings. The van der Waals surface area contributed by atoms with Gasteiger partial charge < -0.3 is 5.32 Å². The SMILES string of the molecule is CC(C)C(Cl)CNCc1ccccc1F. The van der Waals surface area contributed by atoms with Gasteiger partial charge in [-0.1, -0.05) is 32.0 Å². The van der Waals surface area contributed by atoms with Gasteiger partial charge in [0.1, 0.15) is 5.82 Å². The average molecular weight is 230 g/mol. The molecule has 0 saturated heterocycles. The number of benzene rings is 1. The Hall–Kier alpha value is -0.600. The fraction of sp³-hybridized carbons (Fsp3) is 0.500. The first-order chi connectivity index (χ1) is 7.11. The van der Waals surface area contributed by atoms with Crippen molar-refractivity contribution in [2.24, 2.45) is 5.92 Å². The van der Waals surface area contributed by atoms with Gasteiger partial charge in [0.05, 0.1) is 0 Å². The molecule has 1 aromatic carbocycles. The monoisotopic (exact) mass is 229 g/mol. The van der Waals surface area contributed by atoms with Crippen LogP contribution in [0.15, 0.2) is 24.3 Å². The Balaban J connectivity index is 2.35. The van der Waals surface area contributed by atoms with E-state index in [1.54, 1.807) is 12.1 Å². The van der Waals surface area contributed by atoms with Crippen molar-refractivity contribution < 1.29 is 4.39 Å². The largest absolute Gasteiger partial charge is 0.311 e. The summed E-state index contributed by atoms with van der Waals surface area (Å²) < 4.78 is 13.2. The molecule has 0 aliphatic heterocycles. The molecule has 0 bridgehead atoms. The zero-order chi connectivity index (χ0) is 11.3. The Bertz CT molecular complexity index is 301. The third kappa shape index (κ3) is 4.18. The van der Waals surface area contributed by atoms with Crippen LogP contribution in [-0.2, 0) is 6.54 Å². The molecule has 0 saturated carbocycles. The van der Waals surface area contributed by atoms with E-state index in [4.69, 9.17) is 11.6 Å². The van der Waals surface area contributed by atoms with Gasteiger partial charge in [-0.3, -0.25) is 0 Å². The van der Waals surface area contributed by atoms with Crippen molar-refractivity contribution in [1.82, 2.24) is 5.32 Å². The van der Waals surface area contributed by atoms with Crippen LogP contribution in [0.1, 0.15) is 19.4 Å². The summed E-state index contributed by atoms with van der Waals surface area (Å²) in [7, 11) is 0. The second kappa shape index (κ2) is 6.09. The summed E-state index contributed by atoms with van der Waals surface area (Å²) in [5, 5.41) is 3.25. The number of rotatable bonds is 5. The lowest BCUT2D eigenvalue weighted by Crippen LogP contribution is -2.26. The van der Waals surface area contributed by atoms with Crippen LogP contribution in [0.3, 0.4) is 0 Å². The van der Waals surface area contributed by atoms with E-state index >= 15 is 0 Å². The first kappa shape index (κ1) is 12.5. The first-order valence-electron chi connectivity index (χ1n) is 5.19. The average Bonchev–Trinajstić information content (AvgIpc) is 2.20. The molecule has 0 aliphatic carbocycles. The second-order valence-corrected chi connectivity index (χ2v) is 4.54. The standard InChI is InChI=1S/C12H17ClFN/c1-9(2)11(13)8-15-7-10-5-3-4-6-12(10)14/h3-6,9,11,15H,7-8H2,1-2H3. The van der Waals surface area contributed by atoms with Crippen molar-refractivity contribution >= 4 is 11.6 Å². The van der Waals surface area contributed by atoms with Gasteiger partial charge in [0, 0.05) is 24.0 Å². The van der Waals surface area contributed by atoms with E-state index in [2.05, 4.69) is 19.2 Å². The molecular weight excluding hydrogens is 213 g/mol. The number of hydrogen-bond donors (Lipinski definition) is 1. The van der Waals surface area contributed by atoms with Gasteiger partial charge in [0.25, 0.3) is 0 Å². The molecule has 0 aromatic heterocycles. The van der Waals surface area contributed by atoms with Crippen LogP contribution in [0, 0.1) is 11.7 Å². The smallest absolute Gasteiger partial charge is 0.127 e. The third-order valence-electron chi connectivity index (χ3n) is 2.34. The zero-order valence-electron chi connectivity index (χ0n) is 9.13. The lowest BCUT2D eigenvalue weighted by Gasteiger charge is -2.14. The van der Waals surface area contributed by atoms with Crippen LogP contribution in [0.4, 0.5) is 4.39 Å². The summed E-state index contributed by atoms with van der Waals surface area (Å²) in [6, 6.07) is 6.77. The fourth-order valence-electron chi connectivity index (χ4n) is 1.22. The van der Waals surface area contributed by atoms with Crippen LogP contribution < -0.4 is 5.32 Å². The molecule has 1 N–H and O–H groups in total. The van der Waals surface area contributed by atoms with E-state index in [0.717, 1.165) is 0 Å². The molecule has 15 heavy (non-hydrogen) atoms. The maximum Gasteiger partial charge on any atom is 0.127 e. The Kier molecular flexibility index (Phi) is 5.06. The van der Waals surface area contributed by atoms with Crippen molar-refractivity contribution in [3.63, 3.8) is 0 Å². The van der Waals surface area contributed by atoms with E-state index < -0.39 is 0 Å². The van der Waals surface area contributed by atoms with Crippen molar-refractivity contribution in [2.45, 2.75) is 25.8 Å². The van der Waals surface area contributed by atoms with Gasteiger partial charge in [0.15, 0.2) is 0 Å². The molecule has 1 aromatic rings. The normalized spacial score (nSPS) is 13.1. The molecule has 1 unspecified atom stereocenters. The van der Waals surface area contributed by atoms with Crippen LogP contribution in [-0.4, -0.2) is 11.9 Å². The highest BCUT2D eigenvalue weighted by Gasteiger charge is 2.08. The van der Waals surface area contributed by atoms with E-state index in [0.29, 0.717) is 24.6 Å². The molecule has 1 nitrogen and oxygen atoms in total. The summed E-state index contributed by atoms with van der Waals surface area (Å²) in [5.41, 5.74) is 0.685. The van der Waals surface area contributed by atoms with Gasteiger partial charge in [-0.05, 0) is 12.0 Å². The van der Waals surface area contributed by atoms with Gasteiger partial charge in [0.2, 0.25) is 0 Å². The Morgan fingerprint density at radius 3 is 2.60 bits per heavy atom. The molecular formula is C12H17ClFN. The molecule has 0 radical (unpaired) electrons. The van der Waals surface area contributed by atoms with Crippen LogP contribution >= 0.6 is 11.6 Å². The Morgan fingerprint density at radius 1 is 1.33 bits per heavy atom. The fourth-order valence-corrected chi connectivity index (χ4v) is 1.33. The molecule has 0 fully saturated rings. The molecule has 84 valence electrons. The number of alkyl halides is 1. The highest BCUT2D eigenvalue weighted by atomic mass is 35.5. The topological polar surface area (TPSA) is 12.0 Å². The van der Waals surface area contributed by atoms with Crippen LogP contribution in [0.5, 0.6) is 0 Å². The van der Waals surface area contributed by atoms with E-state index in [-0.39, 0.29) is 11.2 Å². The zero-order valence-corrected chi connectivity index (χ0v) is 9.89. The minimum absolute atomic E-state index is 0.0942. The van der Waals surface area contributed by atoms with Crippen molar-refractivity contribution in [1.29, 1.82) is 0 Å². The molecule has 1 rings (SSSR count). The summed E-state index contributed by atoms with van der Waals surface area (Å²) in [6.07, 6.45) is 0. The minimum Gasteiger partial charge on any atom is -0.311 e.